The number of aromatic nitrogens is 3. The summed E-state index contributed by atoms with van der Waals surface area (Å²) in [6, 6.07) is 3.99. The molecule has 8 nitrogen and oxygen atoms in total. The fourth-order valence-corrected chi connectivity index (χ4v) is 3.45. The summed E-state index contributed by atoms with van der Waals surface area (Å²) in [5.74, 6) is 0.499. The standard InChI is InChI=1S/C20H30N6O2/c1-14-10-26(13-22-14)17-8-16(23-18(21)9-17)12-25-7-5-6-15(11-25)24-19(27)28-20(2,3)4/h8-10,13,15H,5-7,11-12H2,1-4H3,(H3,21,23,24,27)/p+1/t15-/m0/s1. The number of anilines is 1. The predicted molar refractivity (Wildman–Crippen MR) is 107 cm³/mol. The molecular weight excluding hydrogens is 356 g/mol. The van der Waals surface area contributed by atoms with E-state index in [1.807, 2.05) is 50.9 Å². The van der Waals surface area contributed by atoms with Gasteiger partial charge in [0.2, 0.25) is 6.33 Å². The molecule has 3 heterocycles. The number of carbonyl (C=O) groups is 1. The Morgan fingerprint density at radius 3 is 2.93 bits per heavy atom. The van der Waals surface area contributed by atoms with E-state index in [4.69, 9.17) is 10.5 Å². The van der Waals surface area contributed by atoms with Gasteiger partial charge in [0.25, 0.3) is 0 Å². The second-order valence-electron chi connectivity index (χ2n) is 8.45. The molecule has 1 aliphatic rings. The molecule has 1 fully saturated rings. The van der Waals surface area contributed by atoms with Crippen LogP contribution in [0, 0.1) is 6.92 Å². The lowest BCUT2D eigenvalue weighted by molar-refractivity contribution is -0.594. The number of imidazole rings is 1. The van der Waals surface area contributed by atoms with Gasteiger partial charge in [-0.15, -0.1) is 0 Å². The van der Waals surface area contributed by atoms with Crippen LogP contribution in [0.4, 0.5) is 10.6 Å². The normalized spacial score (nSPS) is 18.1. The Kier molecular flexibility index (Phi) is 5.88. The van der Waals surface area contributed by atoms with Gasteiger partial charge in [0, 0.05) is 38.2 Å². The molecule has 2 aromatic rings. The number of nitrogens with two attached hydrogens (primary N) is 1. The Balaban J connectivity index is 1.63. The Morgan fingerprint density at radius 2 is 2.25 bits per heavy atom. The minimum atomic E-state index is -0.491. The molecular formula is C20H31N6O2+. The number of hydrogen-bond acceptors (Lipinski definition) is 5. The van der Waals surface area contributed by atoms with Gasteiger partial charge in [-0.1, -0.05) is 0 Å². The predicted octanol–water partition coefficient (Wildman–Crippen LogP) is 2.07. The number of ether oxygens (including phenoxy) is 1. The molecule has 0 unspecified atom stereocenters. The van der Waals surface area contributed by atoms with Crippen molar-refractivity contribution >= 4 is 11.9 Å². The molecule has 2 aromatic heterocycles. The highest BCUT2D eigenvalue weighted by molar-refractivity contribution is 5.68. The van der Waals surface area contributed by atoms with E-state index in [9.17, 15) is 4.79 Å². The first kappa shape index (κ1) is 20.1. The van der Waals surface area contributed by atoms with Crippen molar-refractivity contribution in [1.29, 1.82) is 0 Å². The van der Waals surface area contributed by atoms with Crippen molar-refractivity contribution in [2.45, 2.75) is 58.7 Å². The number of aromatic amines is 1. The fourth-order valence-electron chi connectivity index (χ4n) is 3.45. The van der Waals surface area contributed by atoms with Gasteiger partial charge in [-0.05, 0) is 40.2 Å². The van der Waals surface area contributed by atoms with Crippen LogP contribution in [0.25, 0.3) is 5.69 Å². The van der Waals surface area contributed by atoms with Gasteiger partial charge in [0.1, 0.15) is 29.0 Å². The SMILES string of the molecule is Cc1c[n+](-c2cc(N)nc(CN3CCC[C@H](NC(=O)OC(C)(C)C)C3)c2)c[nH]1. The summed E-state index contributed by atoms with van der Waals surface area (Å²) in [7, 11) is 0. The van der Waals surface area contributed by atoms with Crippen LogP contribution in [-0.2, 0) is 11.3 Å². The lowest BCUT2D eigenvalue weighted by atomic mass is 10.1. The average molecular weight is 388 g/mol. The number of alkyl carbamates (subject to hydrolysis) is 1. The lowest BCUT2D eigenvalue weighted by Crippen LogP contribution is -2.48. The number of nitrogen functional groups attached to an aromatic ring is 1. The highest BCUT2D eigenvalue weighted by atomic mass is 16.6. The third-order valence-corrected chi connectivity index (χ3v) is 4.56. The van der Waals surface area contributed by atoms with Crippen LogP contribution in [0.15, 0.2) is 24.7 Å². The number of carbonyl (C=O) groups excluding carboxylic acids is 1. The van der Waals surface area contributed by atoms with Crippen molar-refractivity contribution in [2.24, 2.45) is 0 Å². The molecule has 1 aliphatic heterocycles. The number of H-pyrrole nitrogens is 1. The summed E-state index contributed by atoms with van der Waals surface area (Å²) < 4.78 is 7.37. The quantitative estimate of drug-likeness (QED) is 0.698. The van der Waals surface area contributed by atoms with Crippen molar-refractivity contribution in [2.75, 3.05) is 18.8 Å². The molecule has 0 aliphatic carbocycles. The minimum absolute atomic E-state index is 0.0748. The van der Waals surface area contributed by atoms with E-state index in [0.717, 1.165) is 43.0 Å². The van der Waals surface area contributed by atoms with Gasteiger partial charge in [-0.3, -0.25) is 4.90 Å². The minimum Gasteiger partial charge on any atom is -0.444 e. The summed E-state index contributed by atoms with van der Waals surface area (Å²) in [6.07, 6.45) is 5.52. The maximum atomic E-state index is 12.1. The van der Waals surface area contributed by atoms with E-state index in [1.165, 1.54) is 0 Å². The molecule has 8 heteroatoms. The monoisotopic (exact) mass is 387 g/mol. The second kappa shape index (κ2) is 8.18. The zero-order valence-corrected chi connectivity index (χ0v) is 17.2. The van der Waals surface area contributed by atoms with Gasteiger partial charge >= 0.3 is 6.09 Å². The topological polar surface area (TPSA) is 100 Å². The number of nitrogens with zero attached hydrogens (tertiary/aromatic N) is 3. The molecule has 0 radical (unpaired) electrons. The van der Waals surface area contributed by atoms with Crippen molar-refractivity contribution in [3.8, 4) is 5.69 Å². The largest absolute Gasteiger partial charge is 0.444 e. The van der Waals surface area contributed by atoms with Crippen molar-refractivity contribution in [1.82, 2.24) is 20.2 Å². The van der Waals surface area contributed by atoms with E-state index < -0.39 is 5.60 Å². The molecule has 0 aromatic carbocycles. The molecule has 0 spiro atoms. The third-order valence-electron chi connectivity index (χ3n) is 4.56. The summed E-state index contributed by atoms with van der Waals surface area (Å²) in [6.45, 7) is 10.0. The Morgan fingerprint density at radius 1 is 1.46 bits per heavy atom. The van der Waals surface area contributed by atoms with Crippen LogP contribution >= 0.6 is 0 Å². The van der Waals surface area contributed by atoms with Crippen LogP contribution in [0.5, 0.6) is 0 Å². The molecule has 0 saturated carbocycles. The molecule has 1 amide bonds. The molecule has 28 heavy (non-hydrogen) atoms. The number of piperidine rings is 1. The number of rotatable bonds is 4. The third kappa shape index (κ3) is 5.69. The van der Waals surface area contributed by atoms with E-state index in [2.05, 4.69) is 26.3 Å². The number of nitrogens with one attached hydrogen (secondary N) is 2. The molecule has 4 N–H and O–H groups in total. The molecule has 1 atom stereocenters. The number of pyridine rings is 1. The highest BCUT2D eigenvalue weighted by Gasteiger charge is 2.24. The smallest absolute Gasteiger partial charge is 0.407 e. The Bertz CT molecular complexity index is 826. The average Bonchev–Trinajstić information content (AvgIpc) is 2.99. The van der Waals surface area contributed by atoms with Gasteiger partial charge in [-0.2, -0.15) is 0 Å². The zero-order valence-electron chi connectivity index (χ0n) is 17.2. The van der Waals surface area contributed by atoms with Crippen LogP contribution in [0.2, 0.25) is 0 Å². The van der Waals surface area contributed by atoms with Crippen LogP contribution in [0.3, 0.4) is 0 Å². The zero-order chi connectivity index (χ0) is 20.3. The molecule has 0 bridgehead atoms. The van der Waals surface area contributed by atoms with E-state index in [0.29, 0.717) is 12.4 Å². The fraction of sp³-hybridized carbons (Fsp3) is 0.550. The maximum absolute atomic E-state index is 12.1. The molecule has 1 saturated heterocycles. The van der Waals surface area contributed by atoms with E-state index >= 15 is 0 Å². The number of aryl methyl sites for hydroxylation is 1. The highest BCUT2D eigenvalue weighted by Crippen LogP contribution is 2.16. The summed E-state index contributed by atoms with van der Waals surface area (Å²) >= 11 is 0. The van der Waals surface area contributed by atoms with Crippen LogP contribution < -0.4 is 15.6 Å². The number of hydrogen-bond donors (Lipinski definition) is 3. The first-order valence-corrected chi connectivity index (χ1v) is 9.73. The maximum Gasteiger partial charge on any atom is 0.407 e. The van der Waals surface area contributed by atoms with Gasteiger partial charge < -0.3 is 15.8 Å². The second-order valence-corrected chi connectivity index (χ2v) is 8.45. The van der Waals surface area contributed by atoms with Crippen LogP contribution in [-0.4, -0.2) is 45.7 Å². The number of amides is 1. The molecule has 3 rings (SSSR count). The summed E-state index contributed by atoms with van der Waals surface area (Å²) in [4.78, 5) is 22.0. The van der Waals surface area contributed by atoms with Gasteiger partial charge in [-0.25, -0.2) is 19.3 Å². The summed E-state index contributed by atoms with van der Waals surface area (Å²) in [5, 5.41) is 2.99. The van der Waals surface area contributed by atoms with Crippen LogP contribution in [0.1, 0.15) is 45.0 Å². The first-order valence-electron chi connectivity index (χ1n) is 9.73. The first-order chi connectivity index (χ1) is 13.2. The van der Waals surface area contributed by atoms with Crippen molar-refractivity contribution < 1.29 is 14.1 Å². The van der Waals surface area contributed by atoms with Gasteiger partial charge in [0.05, 0.1) is 5.69 Å². The van der Waals surface area contributed by atoms with Crippen molar-refractivity contribution in [3.63, 3.8) is 0 Å². The summed E-state index contributed by atoms with van der Waals surface area (Å²) in [5.41, 5.74) is 8.51. The van der Waals surface area contributed by atoms with E-state index in [1.54, 1.807) is 0 Å². The molecule has 152 valence electrons. The lowest BCUT2D eigenvalue weighted by Gasteiger charge is -2.33. The Labute approximate surface area is 166 Å². The van der Waals surface area contributed by atoms with Gasteiger partial charge in [0.15, 0.2) is 0 Å². The Hall–Kier alpha value is -2.61. The van der Waals surface area contributed by atoms with Crippen molar-refractivity contribution in [3.05, 3.63) is 36.0 Å². The number of likely N-dealkylation sites (tertiary alicyclic amines) is 1. The van der Waals surface area contributed by atoms with E-state index in [-0.39, 0.29) is 12.1 Å².